The maximum absolute atomic E-state index is 11.6. The Bertz CT molecular complexity index is 569. The van der Waals surface area contributed by atoms with Crippen molar-refractivity contribution in [2.24, 2.45) is 0 Å². The van der Waals surface area contributed by atoms with Gasteiger partial charge >= 0.3 is 6.03 Å². The van der Waals surface area contributed by atoms with Crippen LogP contribution in [0.3, 0.4) is 0 Å². The smallest absolute Gasteiger partial charge is 0.321 e. The molecule has 0 aliphatic heterocycles. The highest BCUT2D eigenvalue weighted by molar-refractivity contribution is 5.95. The molecular weight excluding hydrogens is 288 g/mol. The first kappa shape index (κ1) is 15.8. The molecule has 0 atom stereocenters. The van der Waals surface area contributed by atoms with E-state index in [1.807, 2.05) is 0 Å². The summed E-state index contributed by atoms with van der Waals surface area (Å²) in [4.78, 5) is 33.8. The van der Waals surface area contributed by atoms with Crippen molar-refractivity contribution in [1.29, 1.82) is 0 Å². The molecule has 3 amide bonds. The molecule has 22 heavy (non-hydrogen) atoms. The highest BCUT2D eigenvalue weighted by atomic mass is 16.5. The van der Waals surface area contributed by atoms with Gasteiger partial charge in [0.15, 0.2) is 18.1 Å². The van der Waals surface area contributed by atoms with Gasteiger partial charge in [0.1, 0.15) is 6.29 Å². The van der Waals surface area contributed by atoms with Crippen LogP contribution in [0.1, 0.15) is 30.1 Å². The van der Waals surface area contributed by atoms with Crippen LogP contribution in [0.15, 0.2) is 18.2 Å². The molecule has 7 nitrogen and oxygen atoms in total. The maximum Gasteiger partial charge on any atom is 0.321 e. The van der Waals surface area contributed by atoms with Crippen LogP contribution in [-0.2, 0) is 4.79 Å². The number of carbonyl (C=O) groups is 3. The second-order valence-corrected chi connectivity index (χ2v) is 4.84. The maximum atomic E-state index is 11.6. The standard InChI is InChI=1S/C15H18N2O5/c1-2-21-13-7-10(8-18)3-6-12(13)22-9-14(19)17-15(20)16-11-4-5-11/h3,6-8,11H,2,4-5,9H2,1H3,(H2,16,17,19,20). The van der Waals surface area contributed by atoms with Gasteiger partial charge in [-0.1, -0.05) is 0 Å². The number of hydrogen-bond donors (Lipinski definition) is 2. The Morgan fingerprint density at radius 1 is 1.27 bits per heavy atom. The number of hydrogen-bond acceptors (Lipinski definition) is 5. The lowest BCUT2D eigenvalue weighted by Crippen LogP contribution is -2.42. The Kier molecular flexibility index (Phi) is 5.35. The molecule has 0 unspecified atom stereocenters. The number of imide groups is 1. The molecule has 1 aromatic rings. The van der Waals surface area contributed by atoms with Gasteiger partial charge in [-0.3, -0.25) is 14.9 Å². The fourth-order valence-corrected chi connectivity index (χ4v) is 1.74. The summed E-state index contributed by atoms with van der Waals surface area (Å²) < 4.78 is 10.7. The summed E-state index contributed by atoms with van der Waals surface area (Å²) in [6.45, 7) is 1.87. The van der Waals surface area contributed by atoms with Gasteiger partial charge in [-0.15, -0.1) is 0 Å². The van der Waals surface area contributed by atoms with Crippen molar-refractivity contribution in [1.82, 2.24) is 10.6 Å². The van der Waals surface area contributed by atoms with E-state index in [-0.39, 0.29) is 12.6 Å². The number of nitrogens with one attached hydrogen (secondary N) is 2. The van der Waals surface area contributed by atoms with E-state index in [2.05, 4.69) is 10.6 Å². The Labute approximate surface area is 128 Å². The third kappa shape index (κ3) is 4.76. The largest absolute Gasteiger partial charge is 0.490 e. The lowest BCUT2D eigenvalue weighted by molar-refractivity contribution is -0.122. The minimum atomic E-state index is -0.555. The van der Waals surface area contributed by atoms with Gasteiger partial charge in [-0.05, 0) is 38.0 Å². The fraction of sp³-hybridized carbons (Fsp3) is 0.400. The first-order valence-electron chi connectivity index (χ1n) is 7.07. The molecule has 1 fully saturated rings. The van der Waals surface area contributed by atoms with E-state index < -0.39 is 11.9 Å². The molecule has 0 spiro atoms. The van der Waals surface area contributed by atoms with Gasteiger partial charge in [0.2, 0.25) is 0 Å². The molecule has 1 aliphatic carbocycles. The van der Waals surface area contributed by atoms with Gasteiger partial charge in [0.25, 0.3) is 5.91 Å². The number of rotatable bonds is 7. The average molecular weight is 306 g/mol. The number of ether oxygens (including phenoxy) is 2. The Hall–Kier alpha value is -2.57. The summed E-state index contributed by atoms with van der Waals surface area (Å²) in [6.07, 6.45) is 2.58. The third-order valence-electron chi connectivity index (χ3n) is 2.93. The molecular formula is C15H18N2O5. The van der Waals surface area contributed by atoms with E-state index in [0.717, 1.165) is 12.8 Å². The van der Waals surface area contributed by atoms with Gasteiger partial charge in [0, 0.05) is 11.6 Å². The molecule has 0 radical (unpaired) electrons. The second-order valence-electron chi connectivity index (χ2n) is 4.84. The minimum Gasteiger partial charge on any atom is -0.490 e. The van der Waals surface area contributed by atoms with Crippen molar-refractivity contribution < 1.29 is 23.9 Å². The fourth-order valence-electron chi connectivity index (χ4n) is 1.74. The summed E-state index contributed by atoms with van der Waals surface area (Å²) in [5, 5.41) is 4.82. The summed E-state index contributed by atoms with van der Waals surface area (Å²) in [5.74, 6) is 0.160. The van der Waals surface area contributed by atoms with E-state index >= 15 is 0 Å². The first-order valence-corrected chi connectivity index (χ1v) is 7.07. The van der Waals surface area contributed by atoms with E-state index in [4.69, 9.17) is 9.47 Å². The van der Waals surface area contributed by atoms with Crippen LogP contribution < -0.4 is 20.1 Å². The summed E-state index contributed by atoms with van der Waals surface area (Å²) >= 11 is 0. The number of amides is 3. The van der Waals surface area contributed by atoms with Crippen molar-refractivity contribution in [2.45, 2.75) is 25.8 Å². The average Bonchev–Trinajstić information content (AvgIpc) is 3.29. The van der Waals surface area contributed by atoms with Crippen molar-refractivity contribution in [3.63, 3.8) is 0 Å². The zero-order valence-corrected chi connectivity index (χ0v) is 12.3. The lowest BCUT2D eigenvalue weighted by Gasteiger charge is -2.12. The molecule has 118 valence electrons. The molecule has 0 aromatic heterocycles. The van der Waals surface area contributed by atoms with Crippen molar-refractivity contribution in [3.8, 4) is 11.5 Å². The Morgan fingerprint density at radius 2 is 2.05 bits per heavy atom. The Morgan fingerprint density at radius 3 is 2.68 bits per heavy atom. The van der Waals surface area contributed by atoms with Gasteiger partial charge in [-0.2, -0.15) is 0 Å². The van der Waals surface area contributed by atoms with Crippen molar-refractivity contribution in [3.05, 3.63) is 23.8 Å². The van der Waals surface area contributed by atoms with Crippen LogP contribution in [0.25, 0.3) is 0 Å². The molecule has 2 N–H and O–H groups in total. The normalized spacial score (nSPS) is 13.1. The summed E-state index contributed by atoms with van der Waals surface area (Å²) in [7, 11) is 0. The molecule has 0 heterocycles. The predicted molar refractivity (Wildman–Crippen MR) is 78.2 cm³/mol. The summed E-state index contributed by atoms with van der Waals surface area (Å²) in [6, 6.07) is 4.30. The topological polar surface area (TPSA) is 93.7 Å². The molecule has 2 rings (SSSR count). The lowest BCUT2D eigenvalue weighted by atomic mass is 10.2. The van der Waals surface area contributed by atoms with Gasteiger partial charge < -0.3 is 14.8 Å². The van der Waals surface area contributed by atoms with Crippen molar-refractivity contribution in [2.75, 3.05) is 13.2 Å². The van der Waals surface area contributed by atoms with Crippen LogP contribution in [0, 0.1) is 0 Å². The number of carbonyl (C=O) groups excluding carboxylic acids is 3. The van der Waals surface area contributed by atoms with Gasteiger partial charge in [0.05, 0.1) is 6.61 Å². The Balaban J connectivity index is 1.87. The van der Waals surface area contributed by atoms with E-state index in [9.17, 15) is 14.4 Å². The molecule has 1 saturated carbocycles. The van der Waals surface area contributed by atoms with Crippen LogP contribution in [0.4, 0.5) is 4.79 Å². The van der Waals surface area contributed by atoms with Crippen LogP contribution in [0.2, 0.25) is 0 Å². The zero-order chi connectivity index (χ0) is 15.9. The molecule has 1 aromatic carbocycles. The highest BCUT2D eigenvalue weighted by Crippen LogP contribution is 2.27. The third-order valence-corrected chi connectivity index (χ3v) is 2.93. The zero-order valence-electron chi connectivity index (χ0n) is 12.3. The molecule has 0 bridgehead atoms. The van der Waals surface area contributed by atoms with E-state index in [0.29, 0.717) is 30.0 Å². The van der Waals surface area contributed by atoms with Gasteiger partial charge in [-0.25, -0.2) is 4.79 Å². The quantitative estimate of drug-likeness (QED) is 0.740. The van der Waals surface area contributed by atoms with Crippen LogP contribution in [0.5, 0.6) is 11.5 Å². The van der Waals surface area contributed by atoms with Crippen molar-refractivity contribution >= 4 is 18.2 Å². The highest BCUT2D eigenvalue weighted by Gasteiger charge is 2.24. The second kappa shape index (κ2) is 7.44. The number of urea groups is 1. The van der Waals surface area contributed by atoms with E-state index in [1.54, 1.807) is 19.1 Å². The van der Waals surface area contributed by atoms with Crippen LogP contribution >= 0.6 is 0 Å². The number of benzene rings is 1. The molecule has 0 saturated heterocycles. The number of aldehydes is 1. The van der Waals surface area contributed by atoms with Crippen LogP contribution in [-0.4, -0.2) is 37.5 Å². The first-order chi connectivity index (χ1) is 10.6. The molecule has 1 aliphatic rings. The SMILES string of the molecule is CCOc1cc(C=O)ccc1OCC(=O)NC(=O)NC1CC1. The van der Waals surface area contributed by atoms with E-state index in [1.165, 1.54) is 6.07 Å². The predicted octanol–water partition coefficient (Wildman–Crippen LogP) is 1.26. The summed E-state index contributed by atoms with van der Waals surface area (Å²) in [5.41, 5.74) is 0.448. The monoisotopic (exact) mass is 306 g/mol. The molecule has 7 heteroatoms. The minimum absolute atomic E-state index is 0.175.